The molecule has 7 heteroatoms. The van der Waals surface area contributed by atoms with Crippen LogP contribution in [0.25, 0.3) is 0 Å². The van der Waals surface area contributed by atoms with Crippen LogP contribution in [-0.4, -0.2) is 25.1 Å². The molecule has 1 unspecified atom stereocenters. The third-order valence-electron chi connectivity index (χ3n) is 3.05. The van der Waals surface area contributed by atoms with E-state index in [9.17, 15) is 9.18 Å². The molecule has 0 heterocycles. The average molecular weight is 323 g/mol. The molecular weight excluding hydrogens is 306 g/mol. The maximum atomic E-state index is 12.9. The smallest absolute Gasteiger partial charge is 0.258 e. The minimum Gasteiger partial charge on any atom is -0.484 e. The number of hydrogen-bond acceptors (Lipinski definition) is 3. The van der Waals surface area contributed by atoms with Crippen LogP contribution in [0, 0.1) is 11.7 Å². The standard InChI is InChI=1S/C13H16ClFN2O2.ClH/c14-10-5-9(3-4-11(10)15)19-7-13(18)17-12(6-16)8-1-2-8;/h3-5,8,12H,1-2,6-7,16H2,(H,17,18);1H. The normalized spacial score (nSPS) is 15.2. The van der Waals surface area contributed by atoms with Gasteiger partial charge in [0.2, 0.25) is 0 Å². The highest BCUT2D eigenvalue weighted by Gasteiger charge is 2.31. The Bertz CT molecular complexity index is 470. The van der Waals surface area contributed by atoms with Crippen LogP contribution in [0.5, 0.6) is 5.75 Å². The number of rotatable bonds is 6. The van der Waals surface area contributed by atoms with Crippen molar-refractivity contribution in [3.8, 4) is 5.75 Å². The number of nitrogens with one attached hydrogen (secondary N) is 1. The minimum absolute atomic E-state index is 0. The monoisotopic (exact) mass is 322 g/mol. The van der Waals surface area contributed by atoms with E-state index in [1.807, 2.05) is 0 Å². The molecule has 3 N–H and O–H groups in total. The van der Waals surface area contributed by atoms with Crippen LogP contribution in [0.2, 0.25) is 5.02 Å². The van der Waals surface area contributed by atoms with Gasteiger partial charge in [0.1, 0.15) is 11.6 Å². The first-order chi connectivity index (χ1) is 9.10. The fourth-order valence-electron chi connectivity index (χ4n) is 1.83. The number of hydrogen-bond donors (Lipinski definition) is 2. The van der Waals surface area contributed by atoms with E-state index < -0.39 is 5.82 Å². The topological polar surface area (TPSA) is 64.3 Å². The van der Waals surface area contributed by atoms with E-state index in [1.165, 1.54) is 18.2 Å². The fraction of sp³-hybridized carbons (Fsp3) is 0.462. The lowest BCUT2D eigenvalue weighted by molar-refractivity contribution is -0.123. The molecule has 1 aromatic rings. The van der Waals surface area contributed by atoms with Crippen LogP contribution >= 0.6 is 24.0 Å². The average Bonchev–Trinajstić information content (AvgIpc) is 3.21. The Kier molecular flexibility index (Phi) is 6.52. The summed E-state index contributed by atoms with van der Waals surface area (Å²) in [4.78, 5) is 11.7. The van der Waals surface area contributed by atoms with Gasteiger partial charge in [-0.05, 0) is 30.9 Å². The van der Waals surface area contributed by atoms with Crippen molar-refractivity contribution in [1.29, 1.82) is 0 Å². The van der Waals surface area contributed by atoms with Crippen molar-refractivity contribution in [2.45, 2.75) is 18.9 Å². The molecule has 112 valence electrons. The second-order valence-corrected chi connectivity index (χ2v) is 5.02. The zero-order valence-electron chi connectivity index (χ0n) is 10.8. The van der Waals surface area contributed by atoms with Crippen molar-refractivity contribution < 1.29 is 13.9 Å². The van der Waals surface area contributed by atoms with Crippen LogP contribution in [0.15, 0.2) is 18.2 Å². The van der Waals surface area contributed by atoms with Gasteiger partial charge < -0.3 is 15.8 Å². The second-order valence-electron chi connectivity index (χ2n) is 4.61. The predicted molar refractivity (Wildman–Crippen MR) is 77.9 cm³/mol. The summed E-state index contributed by atoms with van der Waals surface area (Å²) >= 11 is 5.61. The Labute approximate surface area is 128 Å². The second kappa shape index (κ2) is 7.67. The molecule has 0 saturated heterocycles. The van der Waals surface area contributed by atoms with Crippen LogP contribution in [0.4, 0.5) is 4.39 Å². The highest BCUT2D eigenvalue weighted by molar-refractivity contribution is 6.30. The highest BCUT2D eigenvalue weighted by Crippen LogP contribution is 2.32. The van der Waals surface area contributed by atoms with Gasteiger partial charge in [-0.1, -0.05) is 11.6 Å². The fourth-order valence-corrected chi connectivity index (χ4v) is 2.00. The number of amides is 1. The van der Waals surface area contributed by atoms with Crippen molar-refractivity contribution in [3.63, 3.8) is 0 Å². The van der Waals surface area contributed by atoms with E-state index in [2.05, 4.69) is 5.32 Å². The van der Waals surface area contributed by atoms with Crippen LogP contribution < -0.4 is 15.8 Å². The van der Waals surface area contributed by atoms with E-state index >= 15 is 0 Å². The summed E-state index contributed by atoms with van der Waals surface area (Å²) in [5, 5.41) is 2.80. The third-order valence-corrected chi connectivity index (χ3v) is 3.34. The highest BCUT2D eigenvalue weighted by atomic mass is 35.5. The molecule has 0 aromatic heterocycles. The minimum atomic E-state index is -0.518. The molecule has 1 aliphatic rings. The predicted octanol–water partition coefficient (Wildman–Crippen LogP) is 2.13. The first-order valence-corrected chi connectivity index (χ1v) is 6.55. The molecule has 2 rings (SSSR count). The van der Waals surface area contributed by atoms with Gasteiger partial charge in [0.15, 0.2) is 6.61 Å². The van der Waals surface area contributed by atoms with Gasteiger partial charge in [0, 0.05) is 18.7 Å². The lowest BCUT2D eigenvalue weighted by Crippen LogP contribution is -2.43. The molecule has 4 nitrogen and oxygen atoms in total. The van der Waals surface area contributed by atoms with Gasteiger partial charge >= 0.3 is 0 Å². The van der Waals surface area contributed by atoms with Gasteiger partial charge in [0.25, 0.3) is 5.91 Å². The first kappa shape index (κ1) is 17.0. The number of benzene rings is 1. The Balaban J connectivity index is 0.00000200. The number of ether oxygens (including phenoxy) is 1. The number of carbonyl (C=O) groups is 1. The summed E-state index contributed by atoms with van der Waals surface area (Å²) in [7, 11) is 0. The quantitative estimate of drug-likeness (QED) is 0.843. The van der Waals surface area contributed by atoms with E-state index in [0.717, 1.165) is 12.8 Å². The Morgan fingerprint density at radius 1 is 1.55 bits per heavy atom. The zero-order valence-corrected chi connectivity index (χ0v) is 12.3. The molecule has 1 aliphatic carbocycles. The molecule has 1 aromatic carbocycles. The molecule has 1 saturated carbocycles. The Hall–Kier alpha value is -1.04. The van der Waals surface area contributed by atoms with Gasteiger partial charge in [-0.3, -0.25) is 4.79 Å². The van der Waals surface area contributed by atoms with Crippen molar-refractivity contribution in [2.24, 2.45) is 11.7 Å². The molecule has 20 heavy (non-hydrogen) atoms. The Morgan fingerprint density at radius 2 is 2.25 bits per heavy atom. The molecule has 0 radical (unpaired) electrons. The van der Waals surface area contributed by atoms with Crippen LogP contribution in [-0.2, 0) is 4.79 Å². The lowest BCUT2D eigenvalue weighted by atomic mass is 10.2. The molecular formula is C13H17Cl2FN2O2. The molecule has 0 aliphatic heterocycles. The summed E-state index contributed by atoms with van der Waals surface area (Å²) < 4.78 is 18.2. The third kappa shape index (κ3) is 4.81. The van der Waals surface area contributed by atoms with Crippen molar-refractivity contribution in [3.05, 3.63) is 29.0 Å². The summed E-state index contributed by atoms with van der Waals surface area (Å²) in [6.45, 7) is 0.296. The van der Waals surface area contributed by atoms with E-state index in [-0.39, 0.29) is 36.0 Å². The van der Waals surface area contributed by atoms with E-state index in [4.69, 9.17) is 22.1 Å². The van der Waals surface area contributed by atoms with Crippen LogP contribution in [0.1, 0.15) is 12.8 Å². The maximum Gasteiger partial charge on any atom is 0.258 e. The van der Waals surface area contributed by atoms with E-state index in [1.54, 1.807) is 0 Å². The number of nitrogens with two attached hydrogens (primary N) is 1. The summed E-state index contributed by atoms with van der Waals surface area (Å²) in [6.07, 6.45) is 2.22. The van der Waals surface area contributed by atoms with Crippen molar-refractivity contribution in [1.82, 2.24) is 5.32 Å². The maximum absolute atomic E-state index is 12.9. The molecule has 0 bridgehead atoms. The molecule has 0 spiro atoms. The van der Waals surface area contributed by atoms with Crippen LogP contribution in [0.3, 0.4) is 0 Å². The Morgan fingerprint density at radius 3 is 2.80 bits per heavy atom. The first-order valence-electron chi connectivity index (χ1n) is 6.17. The van der Waals surface area contributed by atoms with Crippen molar-refractivity contribution in [2.75, 3.05) is 13.2 Å². The molecule has 1 amide bonds. The van der Waals surface area contributed by atoms with Gasteiger partial charge in [-0.15, -0.1) is 12.4 Å². The van der Waals surface area contributed by atoms with E-state index in [0.29, 0.717) is 18.2 Å². The van der Waals surface area contributed by atoms with Gasteiger partial charge in [-0.2, -0.15) is 0 Å². The van der Waals surface area contributed by atoms with Gasteiger partial charge in [-0.25, -0.2) is 4.39 Å². The molecule has 1 fully saturated rings. The number of halogens is 3. The zero-order chi connectivity index (χ0) is 13.8. The van der Waals surface area contributed by atoms with Crippen molar-refractivity contribution >= 4 is 29.9 Å². The number of carbonyl (C=O) groups excluding carboxylic acids is 1. The lowest BCUT2D eigenvalue weighted by Gasteiger charge is -2.16. The molecule has 1 atom stereocenters. The summed E-state index contributed by atoms with van der Waals surface area (Å²) in [5.74, 6) is 0.102. The summed E-state index contributed by atoms with van der Waals surface area (Å²) in [6, 6.07) is 3.98. The summed E-state index contributed by atoms with van der Waals surface area (Å²) in [5.41, 5.74) is 5.59. The van der Waals surface area contributed by atoms with Gasteiger partial charge in [0.05, 0.1) is 5.02 Å². The SMILES string of the molecule is Cl.NCC(NC(=O)COc1ccc(F)c(Cl)c1)C1CC1. The largest absolute Gasteiger partial charge is 0.484 e.